The van der Waals surface area contributed by atoms with Gasteiger partial charge in [0.2, 0.25) is 17.2 Å². The van der Waals surface area contributed by atoms with Gasteiger partial charge in [0.15, 0.2) is 6.19 Å². The first-order valence-electron chi connectivity index (χ1n) is 5.50. The molecule has 2 aromatic rings. The van der Waals surface area contributed by atoms with Crippen LogP contribution in [0.25, 0.3) is 0 Å². The van der Waals surface area contributed by atoms with Crippen LogP contribution in [0.5, 0.6) is 0 Å². The first-order valence-corrected chi connectivity index (χ1v) is 7.32. The molecule has 2 rings (SSSR count). The van der Waals surface area contributed by atoms with Crippen LogP contribution in [0.1, 0.15) is 0 Å². The van der Waals surface area contributed by atoms with Crippen LogP contribution >= 0.6 is 11.6 Å². The first-order chi connectivity index (χ1) is 10.3. The minimum Gasteiger partial charge on any atom is -0.398 e. The lowest BCUT2D eigenvalue weighted by Crippen LogP contribution is -2.06. The lowest BCUT2D eigenvalue weighted by molar-refractivity contribution is 0.483. The third kappa shape index (κ3) is 3.70. The Kier molecular flexibility index (Phi) is 4.27. The van der Waals surface area contributed by atoms with Crippen molar-refractivity contribution in [1.29, 1.82) is 5.26 Å². The lowest BCUT2D eigenvalue weighted by Gasteiger charge is -2.08. The Hall–Kier alpha value is -2.68. The number of rotatable bonds is 4. The zero-order chi connectivity index (χ0) is 16.3. The summed E-state index contributed by atoms with van der Waals surface area (Å²) in [5.41, 5.74) is 5.73. The van der Waals surface area contributed by atoms with Crippen molar-refractivity contribution >= 4 is 45.0 Å². The molecule has 0 spiro atoms. The number of halogens is 1. The third-order valence-electron chi connectivity index (χ3n) is 2.32. The highest BCUT2D eigenvalue weighted by atomic mass is 35.5. The van der Waals surface area contributed by atoms with E-state index in [0.717, 1.165) is 6.07 Å². The monoisotopic (exact) mass is 341 g/mol. The molecule has 0 atom stereocenters. The molecular weight excluding hydrogens is 334 g/mol. The molecule has 114 valence electrons. The summed E-state index contributed by atoms with van der Waals surface area (Å²) in [4.78, 5) is 10.9. The third-order valence-corrected chi connectivity index (χ3v) is 3.42. The van der Waals surface area contributed by atoms with Gasteiger partial charge in [-0.05, 0) is 29.8 Å². The summed E-state index contributed by atoms with van der Waals surface area (Å²) in [5, 5.41) is 13.3. The maximum Gasteiger partial charge on any atom is 0.296 e. The number of nitrogens with one attached hydrogen (secondary N) is 2. The van der Waals surface area contributed by atoms with Gasteiger partial charge in [-0.3, -0.25) is 9.87 Å². The Labute approximate surface area is 129 Å². The fourth-order valence-electron chi connectivity index (χ4n) is 1.50. The number of anilines is 4. The van der Waals surface area contributed by atoms with E-state index in [1.165, 1.54) is 12.1 Å². The molecule has 0 aliphatic heterocycles. The van der Waals surface area contributed by atoms with Crippen molar-refractivity contribution in [1.82, 2.24) is 15.0 Å². The van der Waals surface area contributed by atoms with Gasteiger partial charge in [0.05, 0.1) is 5.69 Å². The SMILES string of the molecule is N#CNc1nc(Cl)nc(Nc2ccc(S(=O)(=O)O)c(N)c2)n1. The fraction of sp³-hybridized carbons (Fsp3) is 0. The van der Waals surface area contributed by atoms with Gasteiger partial charge in [0.25, 0.3) is 10.1 Å². The van der Waals surface area contributed by atoms with E-state index in [0.29, 0.717) is 5.69 Å². The lowest BCUT2D eigenvalue weighted by atomic mass is 10.3. The summed E-state index contributed by atoms with van der Waals surface area (Å²) in [6.45, 7) is 0. The van der Waals surface area contributed by atoms with Crippen LogP contribution in [-0.4, -0.2) is 27.9 Å². The number of hydrogen-bond donors (Lipinski definition) is 4. The van der Waals surface area contributed by atoms with Crippen molar-refractivity contribution in [3.8, 4) is 6.19 Å². The number of aromatic nitrogens is 3. The summed E-state index contributed by atoms with van der Waals surface area (Å²) in [5.74, 6) is -0.0516. The zero-order valence-corrected chi connectivity index (χ0v) is 12.2. The molecule has 0 aliphatic carbocycles. The Bertz CT molecular complexity index is 865. The number of nitriles is 1. The second kappa shape index (κ2) is 5.98. The van der Waals surface area contributed by atoms with Gasteiger partial charge >= 0.3 is 0 Å². The van der Waals surface area contributed by atoms with Crippen molar-refractivity contribution in [2.45, 2.75) is 4.90 Å². The highest BCUT2D eigenvalue weighted by Gasteiger charge is 2.14. The molecule has 0 radical (unpaired) electrons. The second-order valence-electron chi connectivity index (χ2n) is 3.84. The summed E-state index contributed by atoms with van der Waals surface area (Å²) in [6.07, 6.45) is 1.63. The molecule has 0 aliphatic rings. The van der Waals surface area contributed by atoms with Crippen LogP contribution in [-0.2, 0) is 10.1 Å². The normalized spacial score (nSPS) is 10.8. The minimum atomic E-state index is -4.41. The standard InChI is InChI=1S/C10H8ClN7O3S/c11-8-16-9(14-4-12)18-10(17-8)15-5-1-2-7(6(13)3-5)22(19,20)21/h1-3H,13H2,(H,19,20,21)(H2,14,15,16,17,18). The van der Waals surface area contributed by atoms with E-state index in [2.05, 4.69) is 25.6 Å². The Balaban J connectivity index is 2.32. The van der Waals surface area contributed by atoms with Crippen LogP contribution in [0.15, 0.2) is 23.1 Å². The van der Waals surface area contributed by atoms with Crippen LogP contribution in [0.3, 0.4) is 0 Å². The quantitative estimate of drug-likeness (QED) is 0.272. The van der Waals surface area contributed by atoms with Crippen LogP contribution < -0.4 is 16.4 Å². The molecule has 1 heterocycles. The van der Waals surface area contributed by atoms with E-state index in [9.17, 15) is 8.42 Å². The van der Waals surface area contributed by atoms with Crippen molar-refractivity contribution in [2.24, 2.45) is 0 Å². The molecule has 0 amide bonds. The fourth-order valence-corrected chi connectivity index (χ4v) is 2.26. The van der Waals surface area contributed by atoms with Gasteiger partial charge in [-0.1, -0.05) is 0 Å². The molecule has 0 unspecified atom stereocenters. The average molecular weight is 342 g/mol. The highest BCUT2D eigenvalue weighted by molar-refractivity contribution is 7.86. The maximum absolute atomic E-state index is 11.1. The molecule has 10 nitrogen and oxygen atoms in total. The number of hydrogen-bond acceptors (Lipinski definition) is 9. The van der Waals surface area contributed by atoms with Crippen molar-refractivity contribution < 1.29 is 13.0 Å². The van der Waals surface area contributed by atoms with Crippen LogP contribution in [0.2, 0.25) is 5.28 Å². The summed E-state index contributed by atoms with van der Waals surface area (Å²) in [6, 6.07) is 3.72. The Morgan fingerprint density at radius 3 is 2.55 bits per heavy atom. The summed E-state index contributed by atoms with van der Waals surface area (Å²) >= 11 is 5.68. The molecule has 0 fully saturated rings. The first kappa shape index (κ1) is 15.7. The average Bonchev–Trinajstić information content (AvgIpc) is 2.36. The van der Waals surface area contributed by atoms with Crippen molar-refractivity contribution in [3.05, 3.63) is 23.5 Å². The zero-order valence-electron chi connectivity index (χ0n) is 10.6. The van der Waals surface area contributed by atoms with Gasteiger partial charge in [-0.15, -0.1) is 0 Å². The Morgan fingerprint density at radius 1 is 1.27 bits per heavy atom. The molecule has 0 saturated heterocycles. The van der Waals surface area contributed by atoms with Gasteiger partial charge in [-0.2, -0.15) is 28.6 Å². The van der Waals surface area contributed by atoms with E-state index in [1.807, 2.05) is 0 Å². The van der Waals surface area contributed by atoms with Gasteiger partial charge in [-0.25, -0.2) is 0 Å². The minimum absolute atomic E-state index is 0.0109. The number of nitrogens with two attached hydrogens (primary N) is 1. The van der Waals surface area contributed by atoms with E-state index in [1.54, 1.807) is 6.19 Å². The molecule has 22 heavy (non-hydrogen) atoms. The maximum atomic E-state index is 11.1. The number of nitrogen functional groups attached to an aromatic ring is 1. The molecule has 0 bridgehead atoms. The van der Waals surface area contributed by atoms with E-state index in [4.69, 9.17) is 27.1 Å². The second-order valence-corrected chi connectivity index (χ2v) is 5.57. The largest absolute Gasteiger partial charge is 0.398 e. The number of benzene rings is 1. The number of nitrogens with zero attached hydrogens (tertiary/aromatic N) is 4. The predicted octanol–water partition coefficient (Wildman–Crippen LogP) is 0.990. The van der Waals surface area contributed by atoms with Crippen LogP contribution in [0.4, 0.5) is 23.3 Å². The molecule has 1 aromatic carbocycles. The smallest absolute Gasteiger partial charge is 0.296 e. The van der Waals surface area contributed by atoms with Gasteiger partial charge in [0, 0.05) is 5.69 Å². The van der Waals surface area contributed by atoms with Crippen LogP contribution in [0, 0.1) is 11.5 Å². The van der Waals surface area contributed by atoms with E-state index >= 15 is 0 Å². The van der Waals surface area contributed by atoms with Crippen molar-refractivity contribution in [3.63, 3.8) is 0 Å². The summed E-state index contributed by atoms with van der Waals surface area (Å²) in [7, 11) is -4.41. The molecule has 0 saturated carbocycles. The van der Waals surface area contributed by atoms with Crippen molar-refractivity contribution in [2.75, 3.05) is 16.4 Å². The summed E-state index contributed by atoms with van der Waals surface area (Å²) < 4.78 is 31.1. The predicted molar refractivity (Wildman–Crippen MR) is 78.0 cm³/mol. The van der Waals surface area contributed by atoms with Gasteiger partial charge in [0.1, 0.15) is 4.90 Å². The molecular formula is C10H8ClN7O3S. The highest BCUT2D eigenvalue weighted by Crippen LogP contribution is 2.24. The van der Waals surface area contributed by atoms with E-state index in [-0.39, 0.29) is 22.9 Å². The Morgan fingerprint density at radius 2 is 1.95 bits per heavy atom. The molecule has 12 heteroatoms. The topological polar surface area (TPSA) is 167 Å². The molecule has 5 N–H and O–H groups in total. The van der Waals surface area contributed by atoms with Gasteiger partial charge < -0.3 is 11.1 Å². The molecule has 1 aromatic heterocycles. The van der Waals surface area contributed by atoms with E-state index < -0.39 is 15.0 Å².